The van der Waals surface area contributed by atoms with Crippen LogP contribution in [-0.2, 0) is 0 Å². The monoisotopic (exact) mass is 528 g/mol. The molecule has 3 aromatic rings. The summed E-state index contributed by atoms with van der Waals surface area (Å²) in [4.78, 5) is 24.4. The van der Waals surface area contributed by atoms with E-state index in [1.165, 1.54) is 12.1 Å². The zero-order valence-corrected chi connectivity index (χ0v) is 21.6. The average molecular weight is 529 g/mol. The van der Waals surface area contributed by atoms with Gasteiger partial charge in [-0.2, -0.15) is 5.26 Å². The lowest BCUT2D eigenvalue weighted by atomic mass is 9.61. The Morgan fingerprint density at radius 1 is 1.26 bits per heavy atom. The van der Waals surface area contributed by atoms with Crippen LogP contribution in [0.5, 0.6) is 11.6 Å². The second-order valence-corrected chi connectivity index (χ2v) is 10.4. The van der Waals surface area contributed by atoms with Crippen molar-refractivity contribution >= 4 is 11.6 Å². The molecular weight excluding hydrogens is 499 g/mol. The highest BCUT2D eigenvalue weighted by Crippen LogP contribution is 2.51. The van der Waals surface area contributed by atoms with Crippen molar-refractivity contribution in [3.63, 3.8) is 0 Å². The fourth-order valence-corrected chi connectivity index (χ4v) is 5.57. The number of carbonyl (C=O) groups is 1. The van der Waals surface area contributed by atoms with E-state index in [1.54, 1.807) is 18.3 Å². The molecule has 0 bridgehead atoms. The molecule has 1 saturated carbocycles. The van der Waals surface area contributed by atoms with E-state index in [4.69, 9.17) is 14.5 Å². The van der Waals surface area contributed by atoms with E-state index in [9.17, 15) is 14.4 Å². The van der Waals surface area contributed by atoms with E-state index in [1.807, 2.05) is 25.1 Å². The second kappa shape index (κ2) is 10.2. The number of amides is 1. The summed E-state index contributed by atoms with van der Waals surface area (Å²) in [5.74, 6) is 0.233. The summed E-state index contributed by atoms with van der Waals surface area (Å²) in [5, 5.41) is 15.6. The first-order valence-electron chi connectivity index (χ1n) is 13.2. The normalized spacial score (nSPS) is 17.9. The van der Waals surface area contributed by atoms with Gasteiger partial charge in [-0.3, -0.25) is 4.79 Å². The number of nitrogens with zero attached hydrogens (tertiary/aromatic N) is 4. The lowest BCUT2D eigenvalue weighted by Gasteiger charge is -2.59. The van der Waals surface area contributed by atoms with Crippen LogP contribution in [0.1, 0.15) is 35.8 Å². The van der Waals surface area contributed by atoms with Gasteiger partial charge in [0, 0.05) is 37.8 Å². The van der Waals surface area contributed by atoms with Crippen molar-refractivity contribution in [1.82, 2.24) is 20.6 Å². The third kappa shape index (κ3) is 4.86. The summed E-state index contributed by atoms with van der Waals surface area (Å²) in [6.07, 6.45) is 3.28. The van der Waals surface area contributed by atoms with E-state index in [-0.39, 0.29) is 29.2 Å². The van der Waals surface area contributed by atoms with Gasteiger partial charge >= 0.3 is 0 Å². The van der Waals surface area contributed by atoms with Gasteiger partial charge in [0.2, 0.25) is 5.88 Å². The molecule has 6 rings (SSSR count). The standard InChI is InChI=1S/C29H29FN6O3/c1-2-38-28-22(4-3-9-33-28)23-6-8-25(26(35-23)27(37)34-20-14-32-15-20)39-21-11-29(12-21)16-36(17-29)24-7-5-19(30)10-18(24)13-31/h3-10,20-21,32H,2,11-12,14-17H2,1H3,(H,34,37). The van der Waals surface area contributed by atoms with Crippen LogP contribution < -0.4 is 25.0 Å². The molecule has 0 radical (unpaired) electrons. The molecule has 1 spiro atoms. The fraction of sp³-hybridized carbons (Fsp3) is 0.379. The van der Waals surface area contributed by atoms with Gasteiger partial charge < -0.3 is 25.0 Å². The maximum atomic E-state index is 13.5. The molecule has 2 aliphatic heterocycles. The number of hydrogen-bond acceptors (Lipinski definition) is 8. The summed E-state index contributed by atoms with van der Waals surface area (Å²) in [7, 11) is 0. The highest BCUT2D eigenvalue weighted by molar-refractivity contribution is 5.96. The van der Waals surface area contributed by atoms with Crippen LogP contribution >= 0.6 is 0 Å². The van der Waals surface area contributed by atoms with Crippen LogP contribution in [0.2, 0.25) is 0 Å². The lowest BCUT2D eigenvalue weighted by molar-refractivity contribution is -0.0344. The van der Waals surface area contributed by atoms with Crippen molar-refractivity contribution < 1.29 is 18.7 Å². The van der Waals surface area contributed by atoms with Crippen molar-refractivity contribution in [3.8, 4) is 29.0 Å². The molecule has 2 N–H and O–H groups in total. The predicted octanol–water partition coefficient (Wildman–Crippen LogP) is 3.30. The minimum atomic E-state index is -0.409. The molecule has 4 heterocycles. The Hall–Kier alpha value is -4.23. The number of benzene rings is 1. The molecule has 1 aliphatic carbocycles. The average Bonchev–Trinajstić information content (AvgIpc) is 2.87. The van der Waals surface area contributed by atoms with Gasteiger partial charge in [0.1, 0.15) is 18.0 Å². The Morgan fingerprint density at radius 3 is 2.79 bits per heavy atom. The largest absolute Gasteiger partial charge is 0.488 e. The molecule has 3 aliphatic rings. The number of rotatable bonds is 8. The van der Waals surface area contributed by atoms with Crippen LogP contribution in [-0.4, -0.2) is 60.8 Å². The molecule has 1 amide bonds. The summed E-state index contributed by atoms with van der Waals surface area (Å²) >= 11 is 0. The van der Waals surface area contributed by atoms with Gasteiger partial charge in [0.05, 0.1) is 35.2 Å². The van der Waals surface area contributed by atoms with Gasteiger partial charge in [-0.25, -0.2) is 14.4 Å². The third-order valence-corrected chi connectivity index (χ3v) is 7.61. The molecular formula is C29H29FN6O3. The number of halogens is 1. The van der Waals surface area contributed by atoms with E-state index >= 15 is 0 Å². The van der Waals surface area contributed by atoms with Crippen LogP contribution in [0.4, 0.5) is 10.1 Å². The quantitative estimate of drug-likeness (QED) is 0.458. The molecule has 9 nitrogen and oxygen atoms in total. The van der Waals surface area contributed by atoms with E-state index in [0.29, 0.717) is 35.1 Å². The Bertz CT molecular complexity index is 1440. The van der Waals surface area contributed by atoms with Crippen LogP contribution in [0.3, 0.4) is 0 Å². The number of anilines is 1. The molecule has 0 unspecified atom stereocenters. The van der Waals surface area contributed by atoms with Crippen molar-refractivity contribution in [2.45, 2.75) is 31.9 Å². The molecule has 1 aromatic carbocycles. The highest BCUT2D eigenvalue weighted by Gasteiger charge is 2.54. The highest BCUT2D eigenvalue weighted by atomic mass is 19.1. The number of hydrogen-bond donors (Lipinski definition) is 2. The Kier molecular flexibility index (Phi) is 6.53. The minimum absolute atomic E-state index is 0.0437. The summed E-state index contributed by atoms with van der Waals surface area (Å²) in [6, 6.07) is 13.8. The number of nitriles is 1. The summed E-state index contributed by atoms with van der Waals surface area (Å²) in [6.45, 7) is 5.38. The smallest absolute Gasteiger partial charge is 0.274 e. The molecule has 200 valence electrons. The van der Waals surface area contributed by atoms with Gasteiger partial charge in [0.25, 0.3) is 5.91 Å². The number of ether oxygens (including phenoxy) is 2. The van der Waals surface area contributed by atoms with Gasteiger partial charge in [-0.15, -0.1) is 0 Å². The Labute approximate surface area is 226 Å². The van der Waals surface area contributed by atoms with Crippen molar-refractivity contribution in [2.24, 2.45) is 5.41 Å². The lowest BCUT2D eigenvalue weighted by Crippen LogP contribution is -2.65. The number of pyridine rings is 2. The predicted molar refractivity (Wildman–Crippen MR) is 142 cm³/mol. The fourth-order valence-electron chi connectivity index (χ4n) is 5.57. The Balaban J connectivity index is 1.17. The maximum Gasteiger partial charge on any atom is 0.274 e. The summed E-state index contributed by atoms with van der Waals surface area (Å²) in [5.41, 5.74) is 2.75. The molecule has 0 atom stereocenters. The minimum Gasteiger partial charge on any atom is -0.488 e. The topological polar surface area (TPSA) is 112 Å². The van der Waals surface area contributed by atoms with E-state index in [2.05, 4.69) is 26.6 Å². The number of aromatic nitrogens is 2. The van der Waals surface area contributed by atoms with Gasteiger partial charge in [0.15, 0.2) is 11.4 Å². The van der Waals surface area contributed by atoms with Crippen molar-refractivity contribution in [3.05, 3.63) is 65.7 Å². The van der Waals surface area contributed by atoms with Crippen molar-refractivity contribution in [1.29, 1.82) is 5.26 Å². The van der Waals surface area contributed by atoms with Gasteiger partial charge in [-0.1, -0.05) is 0 Å². The molecule has 3 fully saturated rings. The molecule has 2 saturated heterocycles. The first kappa shape index (κ1) is 25.1. The number of nitrogens with one attached hydrogen (secondary N) is 2. The third-order valence-electron chi connectivity index (χ3n) is 7.61. The number of carbonyl (C=O) groups excluding carboxylic acids is 1. The van der Waals surface area contributed by atoms with Crippen LogP contribution in [0.25, 0.3) is 11.3 Å². The second-order valence-electron chi connectivity index (χ2n) is 10.4. The zero-order chi connectivity index (χ0) is 27.0. The molecule has 10 heteroatoms. The van der Waals surface area contributed by atoms with E-state index < -0.39 is 5.82 Å². The van der Waals surface area contributed by atoms with Gasteiger partial charge in [-0.05, 0) is 62.2 Å². The molecule has 39 heavy (non-hydrogen) atoms. The van der Waals surface area contributed by atoms with Crippen LogP contribution in [0.15, 0.2) is 48.7 Å². The maximum absolute atomic E-state index is 13.5. The molecule has 2 aromatic heterocycles. The SMILES string of the molecule is CCOc1ncccc1-c1ccc(OC2CC3(C2)CN(c2ccc(F)cc2C#N)C3)c(C(=O)NC2CNC2)n1. The van der Waals surface area contributed by atoms with E-state index in [0.717, 1.165) is 44.7 Å². The van der Waals surface area contributed by atoms with Crippen molar-refractivity contribution in [2.75, 3.05) is 37.7 Å². The first-order valence-corrected chi connectivity index (χ1v) is 13.2. The zero-order valence-electron chi connectivity index (χ0n) is 21.6. The van der Waals surface area contributed by atoms with Crippen LogP contribution in [0, 0.1) is 22.6 Å². The first-order chi connectivity index (χ1) is 19.0. The Morgan fingerprint density at radius 2 is 2.08 bits per heavy atom. The summed E-state index contributed by atoms with van der Waals surface area (Å²) < 4.78 is 25.5.